The van der Waals surface area contributed by atoms with Gasteiger partial charge in [0.15, 0.2) is 23.2 Å². The van der Waals surface area contributed by atoms with Crippen molar-refractivity contribution < 1.29 is 13.9 Å². The lowest BCUT2D eigenvalue weighted by Gasteiger charge is -2.19. The van der Waals surface area contributed by atoms with Gasteiger partial charge in [0.2, 0.25) is 0 Å². The second-order valence-electron chi connectivity index (χ2n) is 9.70. The van der Waals surface area contributed by atoms with Crippen molar-refractivity contribution in [1.29, 1.82) is 0 Å². The van der Waals surface area contributed by atoms with Crippen molar-refractivity contribution in [3.05, 3.63) is 89.3 Å². The number of anilines is 1. The molecule has 4 rings (SSSR count). The molecule has 0 atom stereocenters. The van der Waals surface area contributed by atoms with Gasteiger partial charge in [-0.15, -0.1) is 0 Å². The molecule has 0 aliphatic rings. The van der Waals surface area contributed by atoms with E-state index in [1.807, 2.05) is 54.6 Å². The quantitative estimate of drug-likeness (QED) is 0.295. The maximum atomic E-state index is 12.2. The van der Waals surface area contributed by atoms with Gasteiger partial charge in [-0.25, -0.2) is 4.98 Å². The van der Waals surface area contributed by atoms with E-state index in [1.54, 1.807) is 0 Å². The van der Waals surface area contributed by atoms with Crippen molar-refractivity contribution in [2.45, 2.75) is 46.0 Å². The van der Waals surface area contributed by atoms with E-state index in [-0.39, 0.29) is 23.0 Å². The maximum absolute atomic E-state index is 12.2. The summed E-state index contributed by atoms with van der Waals surface area (Å²) >= 11 is 5.27. The van der Waals surface area contributed by atoms with Gasteiger partial charge in [0, 0.05) is 12.1 Å². The minimum absolute atomic E-state index is 0.0646. The van der Waals surface area contributed by atoms with Gasteiger partial charge >= 0.3 is 0 Å². The second kappa shape index (κ2) is 10.9. The third-order valence-corrected chi connectivity index (χ3v) is 6.02. The van der Waals surface area contributed by atoms with E-state index in [9.17, 15) is 4.79 Å². The number of fused-ring (bicyclic) bond motifs is 1. The summed E-state index contributed by atoms with van der Waals surface area (Å²) in [4.78, 5) is 16.8. The van der Waals surface area contributed by atoms with Crippen LogP contribution in [0.2, 0.25) is 0 Å². The number of ether oxygens (including phenoxy) is 1. The number of aromatic nitrogens is 1. The molecule has 1 amide bonds. The number of nitrogens with zero attached hydrogens (tertiary/aromatic N) is 1. The fourth-order valence-electron chi connectivity index (χ4n) is 3.72. The van der Waals surface area contributed by atoms with Gasteiger partial charge in [-0.3, -0.25) is 10.1 Å². The zero-order valence-electron chi connectivity index (χ0n) is 21.1. The number of hydrogen-bond donors (Lipinski definition) is 2. The Balaban J connectivity index is 1.25. The number of carbonyl (C=O) groups is 1. The Labute approximate surface area is 217 Å². The van der Waals surface area contributed by atoms with Gasteiger partial charge in [0.25, 0.3) is 5.91 Å². The van der Waals surface area contributed by atoms with Crippen molar-refractivity contribution in [3.63, 3.8) is 0 Å². The number of benzene rings is 3. The molecule has 0 spiro atoms. The molecule has 6 nitrogen and oxygen atoms in total. The van der Waals surface area contributed by atoms with E-state index in [1.165, 1.54) is 11.1 Å². The summed E-state index contributed by atoms with van der Waals surface area (Å²) in [5.74, 6) is 0.985. The summed E-state index contributed by atoms with van der Waals surface area (Å²) in [6.45, 7) is 8.45. The molecular weight excluding hydrogens is 470 g/mol. The molecule has 3 aromatic carbocycles. The number of nitrogens with one attached hydrogen (secondary N) is 2. The maximum Gasteiger partial charge on any atom is 0.264 e. The highest BCUT2D eigenvalue weighted by Crippen LogP contribution is 2.24. The molecule has 0 unspecified atom stereocenters. The minimum atomic E-state index is -0.328. The van der Waals surface area contributed by atoms with Crippen LogP contribution in [-0.2, 0) is 23.1 Å². The average molecular weight is 502 g/mol. The van der Waals surface area contributed by atoms with E-state index in [0.29, 0.717) is 18.1 Å². The first-order valence-electron chi connectivity index (χ1n) is 12.0. The minimum Gasteiger partial charge on any atom is -0.484 e. The number of amides is 1. The summed E-state index contributed by atoms with van der Waals surface area (Å²) in [5, 5.41) is 5.88. The highest BCUT2D eigenvalue weighted by atomic mass is 32.1. The smallest absolute Gasteiger partial charge is 0.264 e. The predicted molar refractivity (Wildman–Crippen MR) is 148 cm³/mol. The van der Waals surface area contributed by atoms with Crippen LogP contribution in [0, 0.1) is 0 Å². The third-order valence-electron chi connectivity index (χ3n) is 5.81. The molecule has 0 aliphatic heterocycles. The van der Waals surface area contributed by atoms with E-state index in [0.717, 1.165) is 28.8 Å². The number of aryl methyl sites for hydroxylation is 1. The first-order valence-corrected chi connectivity index (χ1v) is 12.4. The van der Waals surface area contributed by atoms with Crippen LogP contribution in [0.3, 0.4) is 0 Å². The summed E-state index contributed by atoms with van der Waals surface area (Å²) in [7, 11) is 0. The topological polar surface area (TPSA) is 76.4 Å². The predicted octanol–water partition coefficient (Wildman–Crippen LogP) is 6.17. The lowest BCUT2D eigenvalue weighted by atomic mass is 9.87. The Kier molecular flexibility index (Phi) is 7.70. The fourth-order valence-corrected chi connectivity index (χ4v) is 3.95. The molecule has 36 heavy (non-hydrogen) atoms. The van der Waals surface area contributed by atoms with Crippen LogP contribution in [0.1, 0.15) is 50.3 Å². The van der Waals surface area contributed by atoms with Gasteiger partial charge in [-0.1, -0.05) is 58.0 Å². The van der Waals surface area contributed by atoms with Gasteiger partial charge in [0.1, 0.15) is 11.3 Å². The molecule has 0 radical (unpaired) electrons. The molecule has 0 fully saturated rings. The number of carbonyl (C=O) groups excluding carboxylic acids is 1. The molecule has 4 aromatic rings. The van der Waals surface area contributed by atoms with Crippen molar-refractivity contribution in [2.75, 3.05) is 11.9 Å². The largest absolute Gasteiger partial charge is 0.484 e. The second-order valence-corrected chi connectivity index (χ2v) is 10.1. The zero-order chi connectivity index (χ0) is 25.7. The fraction of sp³-hybridized carbons (Fsp3) is 0.276. The van der Waals surface area contributed by atoms with Gasteiger partial charge in [-0.2, -0.15) is 0 Å². The lowest BCUT2D eigenvalue weighted by Crippen LogP contribution is -2.37. The Hall–Kier alpha value is -3.71. The van der Waals surface area contributed by atoms with Crippen molar-refractivity contribution >= 4 is 40.0 Å². The molecule has 0 aliphatic carbocycles. The third kappa shape index (κ3) is 6.70. The number of thiocarbonyl (C=S) groups is 1. The van der Waals surface area contributed by atoms with Crippen LogP contribution in [0.5, 0.6) is 5.75 Å². The monoisotopic (exact) mass is 501 g/mol. The Morgan fingerprint density at radius 2 is 1.69 bits per heavy atom. The molecule has 2 N–H and O–H groups in total. The molecule has 0 bridgehead atoms. The molecule has 0 saturated carbocycles. The molecule has 0 saturated heterocycles. The van der Waals surface area contributed by atoms with Gasteiger partial charge in [0.05, 0.1) is 0 Å². The van der Waals surface area contributed by atoms with Crippen LogP contribution in [0.4, 0.5) is 5.69 Å². The van der Waals surface area contributed by atoms with E-state index < -0.39 is 0 Å². The summed E-state index contributed by atoms with van der Waals surface area (Å²) in [6, 6.07) is 21.6. The van der Waals surface area contributed by atoms with Crippen LogP contribution >= 0.6 is 12.2 Å². The highest BCUT2D eigenvalue weighted by Gasteiger charge is 2.13. The van der Waals surface area contributed by atoms with E-state index >= 15 is 0 Å². The van der Waals surface area contributed by atoms with Crippen LogP contribution < -0.4 is 15.4 Å². The normalized spacial score (nSPS) is 11.3. The average Bonchev–Trinajstić information content (AvgIpc) is 3.25. The Morgan fingerprint density at radius 3 is 2.36 bits per heavy atom. The highest BCUT2D eigenvalue weighted by molar-refractivity contribution is 7.80. The zero-order valence-corrected chi connectivity index (χ0v) is 21.9. The van der Waals surface area contributed by atoms with Gasteiger partial charge in [-0.05, 0) is 77.1 Å². The standard InChI is InChI=1S/C29H31N3O3S/c1-5-19-8-15-25-24(16-19)31-27(35-25)17-20-6-11-22(12-7-20)30-28(36)32-26(33)18-34-23-13-9-21(10-14-23)29(2,3)4/h6-16H,5,17-18H2,1-4H3,(H2,30,32,33,36). The van der Waals surface area contributed by atoms with E-state index in [4.69, 9.17) is 21.4 Å². The van der Waals surface area contributed by atoms with Crippen LogP contribution in [0.15, 0.2) is 71.1 Å². The Bertz CT molecular complexity index is 1350. The Morgan fingerprint density at radius 1 is 1.00 bits per heavy atom. The molecule has 1 heterocycles. The summed E-state index contributed by atoms with van der Waals surface area (Å²) < 4.78 is 11.5. The SMILES string of the molecule is CCc1ccc2oc(Cc3ccc(NC(=S)NC(=O)COc4ccc(C(C)(C)C)cc4)cc3)nc2c1. The van der Waals surface area contributed by atoms with Crippen LogP contribution in [-0.4, -0.2) is 22.6 Å². The molecule has 7 heteroatoms. The summed E-state index contributed by atoms with van der Waals surface area (Å²) in [5.41, 5.74) is 6.02. The number of oxazole rings is 1. The van der Waals surface area contributed by atoms with Crippen molar-refractivity contribution in [1.82, 2.24) is 10.3 Å². The first-order chi connectivity index (χ1) is 17.2. The molecule has 186 valence electrons. The van der Waals surface area contributed by atoms with E-state index in [2.05, 4.69) is 55.4 Å². The van der Waals surface area contributed by atoms with Crippen molar-refractivity contribution in [2.24, 2.45) is 0 Å². The van der Waals surface area contributed by atoms with Gasteiger partial charge < -0.3 is 14.5 Å². The first kappa shape index (κ1) is 25.4. The molecule has 1 aromatic heterocycles. The lowest BCUT2D eigenvalue weighted by molar-refractivity contribution is -0.121. The number of hydrogen-bond acceptors (Lipinski definition) is 5. The van der Waals surface area contributed by atoms with Crippen LogP contribution in [0.25, 0.3) is 11.1 Å². The summed E-state index contributed by atoms with van der Waals surface area (Å²) in [6.07, 6.45) is 1.55. The number of rotatable bonds is 7. The molecular formula is C29H31N3O3S. The van der Waals surface area contributed by atoms with Crippen molar-refractivity contribution in [3.8, 4) is 5.75 Å².